The molecule has 1 aromatic carbocycles. The molecule has 20 heavy (non-hydrogen) atoms. The molecule has 0 bridgehead atoms. The summed E-state index contributed by atoms with van der Waals surface area (Å²) in [5, 5.41) is 0.790. The van der Waals surface area contributed by atoms with Gasteiger partial charge in [0.1, 0.15) is 0 Å². The Kier molecular flexibility index (Phi) is 4.17. The predicted molar refractivity (Wildman–Crippen MR) is 76.7 cm³/mol. The molecule has 2 aromatic rings. The topological polar surface area (TPSA) is 60.6 Å². The molecule has 0 aliphatic carbocycles. The van der Waals surface area contributed by atoms with Crippen LogP contribution in [0, 0.1) is 0 Å². The van der Waals surface area contributed by atoms with Crippen LogP contribution in [0.3, 0.4) is 0 Å². The highest BCUT2D eigenvalue weighted by molar-refractivity contribution is 6.06. The Labute approximate surface area is 117 Å². The fraction of sp³-hybridized carbons (Fsp3) is 0.400. The van der Waals surface area contributed by atoms with Crippen molar-refractivity contribution in [1.29, 1.82) is 0 Å². The summed E-state index contributed by atoms with van der Waals surface area (Å²) in [5.41, 5.74) is 2.27. The number of esters is 1. The molecular weight excluding hydrogens is 258 g/mol. The molecule has 0 saturated heterocycles. The lowest BCUT2D eigenvalue weighted by Gasteiger charge is -2.08. The van der Waals surface area contributed by atoms with E-state index < -0.39 is 0 Å². The van der Waals surface area contributed by atoms with Gasteiger partial charge < -0.3 is 19.2 Å². The van der Waals surface area contributed by atoms with Gasteiger partial charge in [0.15, 0.2) is 11.5 Å². The number of aryl methyl sites for hydroxylation is 1. The number of fused-ring (bicyclic) bond motifs is 1. The van der Waals surface area contributed by atoms with E-state index in [1.54, 1.807) is 27.2 Å². The molecule has 0 unspecified atom stereocenters. The number of hydrogen-bond acceptors (Lipinski definition) is 4. The van der Waals surface area contributed by atoms with E-state index in [0.29, 0.717) is 30.1 Å². The van der Waals surface area contributed by atoms with Gasteiger partial charge in [-0.05, 0) is 19.4 Å². The summed E-state index contributed by atoms with van der Waals surface area (Å²) in [7, 11) is 3.15. The number of ether oxygens (including phenoxy) is 3. The number of carbonyl (C=O) groups excluding carboxylic acids is 1. The van der Waals surface area contributed by atoms with Gasteiger partial charge in [0, 0.05) is 17.1 Å². The monoisotopic (exact) mass is 277 g/mol. The molecule has 0 spiro atoms. The fourth-order valence-corrected chi connectivity index (χ4v) is 2.28. The molecule has 0 atom stereocenters. The number of hydrogen-bond donors (Lipinski definition) is 1. The summed E-state index contributed by atoms with van der Waals surface area (Å²) in [6, 6.07) is 3.63. The van der Waals surface area contributed by atoms with Crippen LogP contribution in [0.5, 0.6) is 11.5 Å². The number of rotatable bonds is 5. The smallest absolute Gasteiger partial charge is 0.340 e. The molecule has 5 heteroatoms. The van der Waals surface area contributed by atoms with Crippen molar-refractivity contribution in [2.75, 3.05) is 20.8 Å². The van der Waals surface area contributed by atoms with Gasteiger partial charge in [-0.1, -0.05) is 6.92 Å². The van der Waals surface area contributed by atoms with Crippen molar-refractivity contribution >= 4 is 16.9 Å². The van der Waals surface area contributed by atoms with Crippen LogP contribution < -0.4 is 9.47 Å². The van der Waals surface area contributed by atoms with E-state index in [-0.39, 0.29) is 5.97 Å². The first-order valence-corrected chi connectivity index (χ1v) is 6.59. The van der Waals surface area contributed by atoms with Crippen LogP contribution in [0.25, 0.3) is 10.9 Å². The van der Waals surface area contributed by atoms with Gasteiger partial charge in [-0.3, -0.25) is 0 Å². The average molecular weight is 277 g/mol. The van der Waals surface area contributed by atoms with E-state index in [0.717, 1.165) is 16.6 Å². The normalized spacial score (nSPS) is 10.6. The Morgan fingerprint density at radius 3 is 2.35 bits per heavy atom. The van der Waals surface area contributed by atoms with E-state index in [4.69, 9.17) is 14.2 Å². The molecule has 1 N–H and O–H groups in total. The number of carbonyl (C=O) groups is 1. The molecule has 2 rings (SSSR count). The summed E-state index contributed by atoms with van der Waals surface area (Å²) in [6.45, 7) is 4.13. The van der Waals surface area contributed by atoms with E-state index in [2.05, 4.69) is 4.98 Å². The van der Waals surface area contributed by atoms with Crippen LogP contribution >= 0.6 is 0 Å². The van der Waals surface area contributed by atoms with Gasteiger partial charge in [0.25, 0.3) is 0 Å². The second-order valence-electron chi connectivity index (χ2n) is 4.31. The van der Waals surface area contributed by atoms with Gasteiger partial charge >= 0.3 is 5.97 Å². The van der Waals surface area contributed by atoms with E-state index >= 15 is 0 Å². The van der Waals surface area contributed by atoms with Gasteiger partial charge in [-0.15, -0.1) is 0 Å². The average Bonchev–Trinajstić information content (AvgIpc) is 2.83. The number of methoxy groups -OCH3 is 2. The first-order chi connectivity index (χ1) is 9.65. The van der Waals surface area contributed by atoms with Crippen LogP contribution in [0.1, 0.15) is 29.9 Å². The number of aromatic nitrogens is 1. The van der Waals surface area contributed by atoms with Crippen molar-refractivity contribution in [2.45, 2.75) is 20.3 Å². The fourth-order valence-electron chi connectivity index (χ4n) is 2.28. The summed E-state index contributed by atoms with van der Waals surface area (Å²) >= 11 is 0. The van der Waals surface area contributed by atoms with Gasteiger partial charge in [-0.2, -0.15) is 0 Å². The molecule has 108 valence electrons. The molecule has 1 aromatic heterocycles. The zero-order valence-corrected chi connectivity index (χ0v) is 12.2. The maximum Gasteiger partial charge on any atom is 0.340 e. The van der Waals surface area contributed by atoms with E-state index in [1.807, 2.05) is 13.0 Å². The lowest BCUT2D eigenvalue weighted by atomic mass is 10.1. The third-order valence-corrected chi connectivity index (χ3v) is 3.21. The highest BCUT2D eigenvalue weighted by Gasteiger charge is 2.20. The first kappa shape index (κ1) is 14.2. The molecule has 0 saturated carbocycles. The number of H-pyrrole nitrogens is 1. The van der Waals surface area contributed by atoms with Crippen LogP contribution in [-0.4, -0.2) is 31.8 Å². The maximum atomic E-state index is 12.1. The van der Waals surface area contributed by atoms with Crippen molar-refractivity contribution in [1.82, 2.24) is 4.98 Å². The number of aromatic amines is 1. The van der Waals surface area contributed by atoms with E-state index in [9.17, 15) is 4.79 Å². The highest BCUT2D eigenvalue weighted by Crippen LogP contribution is 2.35. The second kappa shape index (κ2) is 5.86. The molecule has 0 aliphatic heterocycles. The van der Waals surface area contributed by atoms with Crippen LogP contribution in [-0.2, 0) is 11.2 Å². The summed E-state index contributed by atoms with van der Waals surface area (Å²) in [4.78, 5) is 15.4. The maximum absolute atomic E-state index is 12.1. The van der Waals surface area contributed by atoms with Crippen molar-refractivity contribution in [3.05, 3.63) is 23.4 Å². The Morgan fingerprint density at radius 1 is 1.15 bits per heavy atom. The first-order valence-electron chi connectivity index (χ1n) is 6.59. The molecule has 1 heterocycles. The third-order valence-electron chi connectivity index (χ3n) is 3.21. The Bertz CT molecular complexity index is 630. The van der Waals surface area contributed by atoms with Crippen molar-refractivity contribution < 1.29 is 19.0 Å². The Balaban J connectivity index is 2.68. The molecule has 5 nitrogen and oxygen atoms in total. The minimum Gasteiger partial charge on any atom is -0.493 e. The molecule has 0 fully saturated rings. The molecular formula is C15H19NO4. The zero-order chi connectivity index (χ0) is 14.7. The lowest BCUT2D eigenvalue weighted by molar-refractivity contribution is 0.0527. The van der Waals surface area contributed by atoms with Crippen LogP contribution in [0.4, 0.5) is 0 Å². The number of nitrogens with one attached hydrogen (secondary N) is 1. The van der Waals surface area contributed by atoms with Crippen LogP contribution in [0.2, 0.25) is 0 Å². The molecule has 0 aliphatic rings. The van der Waals surface area contributed by atoms with Gasteiger partial charge in [-0.25, -0.2) is 4.79 Å². The summed E-state index contributed by atoms with van der Waals surface area (Å²) in [5.74, 6) is 0.898. The lowest BCUT2D eigenvalue weighted by Crippen LogP contribution is -2.06. The summed E-state index contributed by atoms with van der Waals surface area (Å²) < 4.78 is 15.7. The Morgan fingerprint density at radius 2 is 1.80 bits per heavy atom. The third kappa shape index (κ3) is 2.31. The molecule has 0 amide bonds. The van der Waals surface area contributed by atoms with Crippen molar-refractivity contribution in [3.63, 3.8) is 0 Å². The quantitative estimate of drug-likeness (QED) is 0.854. The second-order valence-corrected chi connectivity index (χ2v) is 4.31. The highest BCUT2D eigenvalue weighted by atomic mass is 16.5. The SMILES string of the molecule is CCOC(=O)c1c(CC)[nH]c2cc(OC)c(OC)cc12. The Hall–Kier alpha value is -2.17. The van der Waals surface area contributed by atoms with Gasteiger partial charge in [0.2, 0.25) is 0 Å². The predicted octanol–water partition coefficient (Wildman–Crippen LogP) is 2.92. The zero-order valence-electron chi connectivity index (χ0n) is 12.2. The van der Waals surface area contributed by atoms with E-state index in [1.165, 1.54) is 0 Å². The molecule has 0 radical (unpaired) electrons. The minimum absolute atomic E-state index is 0.317. The van der Waals surface area contributed by atoms with Crippen LogP contribution in [0.15, 0.2) is 12.1 Å². The largest absolute Gasteiger partial charge is 0.493 e. The van der Waals surface area contributed by atoms with Crippen molar-refractivity contribution in [2.24, 2.45) is 0 Å². The number of benzene rings is 1. The van der Waals surface area contributed by atoms with Gasteiger partial charge in [0.05, 0.1) is 31.9 Å². The van der Waals surface area contributed by atoms with Crippen molar-refractivity contribution in [3.8, 4) is 11.5 Å². The summed E-state index contributed by atoms with van der Waals surface area (Å²) in [6.07, 6.45) is 0.716. The minimum atomic E-state index is -0.317. The standard InChI is InChI=1S/C15H19NO4/c1-5-10-14(15(17)20-6-2)9-7-12(18-3)13(19-4)8-11(9)16-10/h7-8,16H,5-6H2,1-4H3.